The Bertz CT molecular complexity index is 432. The zero-order valence-electron chi connectivity index (χ0n) is 14.6. The van der Waals surface area contributed by atoms with Gasteiger partial charge in [-0.15, -0.1) is 0 Å². The number of fused-ring (bicyclic) bond motifs is 2. The van der Waals surface area contributed by atoms with Gasteiger partial charge in [-0.25, -0.2) is 0 Å². The Labute approximate surface area is 140 Å². The van der Waals surface area contributed by atoms with Gasteiger partial charge < -0.3 is 10.1 Å². The Morgan fingerprint density at radius 3 is 2.70 bits per heavy atom. The van der Waals surface area contributed by atoms with E-state index >= 15 is 0 Å². The van der Waals surface area contributed by atoms with Crippen LogP contribution in [0.4, 0.5) is 0 Å². The molecule has 2 saturated carbocycles. The summed E-state index contributed by atoms with van der Waals surface area (Å²) in [5, 5.41) is 3.30. The van der Waals surface area contributed by atoms with E-state index in [1.807, 2.05) is 0 Å². The second-order valence-corrected chi connectivity index (χ2v) is 7.02. The standard InChI is InChI=1S/C19H31NO3/c1-3-8-17(21)20-19-15-12-11-14(13-15)16(19)9-6-4-5-7-10-18(22)23-2/h4,6,14-16,19H,3,5,7-13H2,1-2H3,(H,20,21)/b6-4-/t14-,15+,16-,19?/m1/s1. The first-order chi connectivity index (χ1) is 11.2. The Morgan fingerprint density at radius 2 is 1.96 bits per heavy atom. The van der Waals surface area contributed by atoms with Crippen LogP contribution in [0.1, 0.15) is 64.7 Å². The third-order valence-corrected chi connectivity index (χ3v) is 5.45. The predicted molar refractivity (Wildman–Crippen MR) is 90.8 cm³/mol. The fourth-order valence-electron chi connectivity index (χ4n) is 4.30. The second kappa shape index (κ2) is 9.09. The molecule has 4 atom stereocenters. The zero-order chi connectivity index (χ0) is 16.7. The van der Waals surface area contributed by atoms with Crippen LogP contribution in [-0.2, 0) is 14.3 Å². The van der Waals surface area contributed by atoms with Crippen molar-refractivity contribution in [3.8, 4) is 0 Å². The van der Waals surface area contributed by atoms with Crippen molar-refractivity contribution in [3.05, 3.63) is 12.2 Å². The molecule has 2 fully saturated rings. The first-order valence-corrected chi connectivity index (χ1v) is 9.16. The molecule has 0 spiro atoms. The highest BCUT2D eigenvalue weighted by Gasteiger charge is 2.47. The van der Waals surface area contributed by atoms with Crippen molar-refractivity contribution < 1.29 is 14.3 Å². The van der Waals surface area contributed by atoms with Gasteiger partial charge in [-0.1, -0.05) is 19.1 Å². The van der Waals surface area contributed by atoms with Crippen LogP contribution in [0, 0.1) is 17.8 Å². The maximum absolute atomic E-state index is 12.0. The highest BCUT2D eigenvalue weighted by molar-refractivity contribution is 5.76. The summed E-state index contributed by atoms with van der Waals surface area (Å²) in [5.74, 6) is 2.17. The number of ether oxygens (including phenoxy) is 1. The summed E-state index contributed by atoms with van der Waals surface area (Å²) in [5.41, 5.74) is 0. The minimum absolute atomic E-state index is 0.134. The van der Waals surface area contributed by atoms with Crippen molar-refractivity contribution in [1.82, 2.24) is 5.32 Å². The minimum atomic E-state index is -0.134. The molecule has 0 aromatic carbocycles. The van der Waals surface area contributed by atoms with E-state index < -0.39 is 0 Å². The number of esters is 1. The van der Waals surface area contributed by atoms with Crippen molar-refractivity contribution >= 4 is 11.9 Å². The summed E-state index contributed by atoms with van der Waals surface area (Å²) < 4.78 is 4.64. The Hall–Kier alpha value is -1.32. The molecule has 0 aromatic rings. The average Bonchev–Trinajstić information content (AvgIpc) is 3.13. The maximum atomic E-state index is 12.0. The van der Waals surface area contributed by atoms with Crippen LogP contribution in [0.15, 0.2) is 12.2 Å². The summed E-state index contributed by atoms with van der Waals surface area (Å²) >= 11 is 0. The van der Waals surface area contributed by atoms with Crippen molar-refractivity contribution in [3.63, 3.8) is 0 Å². The van der Waals surface area contributed by atoms with E-state index in [9.17, 15) is 9.59 Å². The third kappa shape index (κ3) is 5.08. The molecule has 2 aliphatic rings. The number of carbonyl (C=O) groups is 2. The number of allylic oxidation sites excluding steroid dienone is 2. The van der Waals surface area contributed by atoms with Crippen LogP contribution >= 0.6 is 0 Å². The molecule has 2 bridgehead atoms. The Balaban J connectivity index is 1.75. The number of hydrogen-bond acceptors (Lipinski definition) is 3. The van der Waals surface area contributed by atoms with Gasteiger partial charge in [0.15, 0.2) is 0 Å². The van der Waals surface area contributed by atoms with Gasteiger partial charge in [-0.05, 0) is 62.7 Å². The van der Waals surface area contributed by atoms with E-state index in [4.69, 9.17) is 0 Å². The van der Waals surface area contributed by atoms with Gasteiger partial charge in [0.05, 0.1) is 7.11 Å². The van der Waals surface area contributed by atoms with Crippen LogP contribution in [0.3, 0.4) is 0 Å². The quantitative estimate of drug-likeness (QED) is 0.401. The molecule has 2 aliphatic carbocycles. The van der Waals surface area contributed by atoms with Gasteiger partial charge in [0, 0.05) is 18.9 Å². The molecule has 4 nitrogen and oxygen atoms in total. The van der Waals surface area contributed by atoms with E-state index in [1.54, 1.807) is 0 Å². The maximum Gasteiger partial charge on any atom is 0.305 e. The van der Waals surface area contributed by atoms with Crippen LogP contribution in [0.2, 0.25) is 0 Å². The van der Waals surface area contributed by atoms with E-state index in [0.29, 0.717) is 30.7 Å². The molecule has 0 aromatic heterocycles. The molecule has 1 amide bonds. The lowest BCUT2D eigenvalue weighted by atomic mass is 9.82. The Morgan fingerprint density at radius 1 is 1.17 bits per heavy atom. The van der Waals surface area contributed by atoms with Crippen molar-refractivity contribution in [2.45, 2.75) is 70.8 Å². The number of carbonyl (C=O) groups excluding carboxylic acids is 2. The molecule has 0 radical (unpaired) electrons. The van der Waals surface area contributed by atoms with Gasteiger partial charge in [-0.2, -0.15) is 0 Å². The van der Waals surface area contributed by atoms with Crippen LogP contribution in [0.5, 0.6) is 0 Å². The van der Waals surface area contributed by atoms with Gasteiger partial charge in [0.2, 0.25) is 5.91 Å². The summed E-state index contributed by atoms with van der Waals surface area (Å²) in [6.45, 7) is 2.05. The van der Waals surface area contributed by atoms with Crippen molar-refractivity contribution in [2.24, 2.45) is 17.8 Å². The van der Waals surface area contributed by atoms with Crippen molar-refractivity contribution in [2.75, 3.05) is 7.11 Å². The van der Waals surface area contributed by atoms with Crippen LogP contribution < -0.4 is 5.32 Å². The molecule has 0 saturated heterocycles. The second-order valence-electron chi connectivity index (χ2n) is 7.02. The summed E-state index contributed by atoms with van der Waals surface area (Å²) in [6, 6.07) is 0.382. The van der Waals surface area contributed by atoms with Gasteiger partial charge >= 0.3 is 5.97 Å². The lowest BCUT2D eigenvalue weighted by molar-refractivity contribution is -0.140. The topological polar surface area (TPSA) is 55.4 Å². The third-order valence-electron chi connectivity index (χ3n) is 5.45. The van der Waals surface area contributed by atoms with E-state index in [2.05, 4.69) is 29.1 Å². The summed E-state index contributed by atoms with van der Waals surface area (Å²) in [6.07, 6.45) is 13.2. The fourth-order valence-corrected chi connectivity index (χ4v) is 4.30. The van der Waals surface area contributed by atoms with Crippen LogP contribution in [-0.4, -0.2) is 25.0 Å². The highest BCUT2D eigenvalue weighted by atomic mass is 16.5. The number of hydrogen-bond donors (Lipinski definition) is 1. The molecule has 130 valence electrons. The summed E-state index contributed by atoms with van der Waals surface area (Å²) in [7, 11) is 1.43. The molecule has 0 aliphatic heterocycles. The fraction of sp³-hybridized carbons (Fsp3) is 0.789. The van der Waals surface area contributed by atoms with Gasteiger partial charge in [-0.3, -0.25) is 9.59 Å². The smallest absolute Gasteiger partial charge is 0.305 e. The first kappa shape index (κ1) is 18.0. The monoisotopic (exact) mass is 321 g/mol. The van der Waals surface area contributed by atoms with E-state index in [0.717, 1.165) is 31.6 Å². The Kier molecular flexibility index (Phi) is 7.13. The normalized spacial score (nSPS) is 29.1. The number of amides is 1. The molecule has 1 unspecified atom stereocenters. The largest absolute Gasteiger partial charge is 0.469 e. The predicted octanol–water partition coefficient (Wildman–Crippen LogP) is 3.61. The SMILES string of the molecule is CCCC(=O)NC1[C@H]2CC[C@H](C2)[C@H]1C/C=C\CCCC(=O)OC. The van der Waals surface area contributed by atoms with Crippen LogP contribution in [0.25, 0.3) is 0 Å². The van der Waals surface area contributed by atoms with E-state index in [-0.39, 0.29) is 11.9 Å². The number of rotatable bonds is 9. The molecular formula is C19H31NO3. The summed E-state index contributed by atoms with van der Waals surface area (Å²) in [4.78, 5) is 23.0. The lowest BCUT2D eigenvalue weighted by Crippen LogP contribution is -2.43. The molecule has 2 rings (SSSR count). The lowest BCUT2D eigenvalue weighted by Gasteiger charge is -2.31. The molecule has 1 N–H and O–H groups in total. The molecule has 23 heavy (non-hydrogen) atoms. The average molecular weight is 321 g/mol. The van der Waals surface area contributed by atoms with Gasteiger partial charge in [0.25, 0.3) is 0 Å². The van der Waals surface area contributed by atoms with Crippen molar-refractivity contribution in [1.29, 1.82) is 0 Å². The molecule has 0 heterocycles. The van der Waals surface area contributed by atoms with E-state index in [1.165, 1.54) is 26.4 Å². The first-order valence-electron chi connectivity index (χ1n) is 9.16. The minimum Gasteiger partial charge on any atom is -0.469 e. The zero-order valence-corrected chi connectivity index (χ0v) is 14.6. The molecular weight excluding hydrogens is 290 g/mol. The number of nitrogens with one attached hydrogen (secondary N) is 1. The number of unbranched alkanes of at least 4 members (excludes halogenated alkanes) is 1. The molecule has 4 heteroatoms. The number of methoxy groups -OCH3 is 1. The highest BCUT2D eigenvalue weighted by Crippen LogP contribution is 2.49. The van der Waals surface area contributed by atoms with Gasteiger partial charge in [0.1, 0.15) is 0 Å².